The Morgan fingerprint density at radius 2 is 1.71 bits per heavy atom. The van der Waals surface area contributed by atoms with Crippen molar-refractivity contribution in [2.24, 2.45) is 0 Å². The van der Waals surface area contributed by atoms with E-state index in [9.17, 15) is 0 Å². The van der Waals surface area contributed by atoms with Gasteiger partial charge in [0.05, 0.1) is 5.52 Å². The topological polar surface area (TPSA) is 60.4 Å². The van der Waals surface area contributed by atoms with Crippen molar-refractivity contribution >= 4 is 34.1 Å². The molecule has 0 spiro atoms. The van der Waals surface area contributed by atoms with Gasteiger partial charge in [0.2, 0.25) is 10.9 Å². The van der Waals surface area contributed by atoms with E-state index in [0.717, 1.165) is 38.9 Å². The first-order valence-electron chi connectivity index (χ1n) is 7.49. The molecular weight excluding hydrogens is 320 g/mol. The fourth-order valence-electron chi connectivity index (χ4n) is 2.95. The van der Waals surface area contributed by atoms with Crippen LogP contribution in [0, 0.1) is 0 Å². The first kappa shape index (κ1) is 13.5. The highest BCUT2D eigenvalue weighted by molar-refractivity contribution is 7.98. The van der Waals surface area contributed by atoms with E-state index >= 15 is 0 Å². The Bertz CT molecular complexity index is 1190. The van der Waals surface area contributed by atoms with Gasteiger partial charge in [0.25, 0.3) is 0 Å². The van der Waals surface area contributed by atoms with Gasteiger partial charge in [-0.1, -0.05) is 54.2 Å². The van der Waals surface area contributed by atoms with Crippen LogP contribution in [0.15, 0.2) is 59.8 Å². The van der Waals surface area contributed by atoms with Crippen LogP contribution < -0.4 is 0 Å². The van der Waals surface area contributed by atoms with E-state index < -0.39 is 0 Å². The first-order chi connectivity index (χ1) is 11.9. The molecule has 0 fully saturated rings. The van der Waals surface area contributed by atoms with Crippen molar-refractivity contribution in [3.8, 4) is 11.4 Å². The number of hydrogen-bond acceptors (Lipinski definition) is 5. The largest absolute Gasteiger partial charge is 0.242 e. The molecule has 0 atom stereocenters. The smallest absolute Gasteiger partial charge is 0.241 e. The third-order valence-corrected chi connectivity index (χ3v) is 4.56. The second-order valence-corrected chi connectivity index (χ2v) is 6.15. The number of fused-ring (bicyclic) bond motifs is 6. The third kappa shape index (κ3) is 1.78. The van der Waals surface area contributed by atoms with Crippen molar-refractivity contribution in [3.63, 3.8) is 0 Å². The van der Waals surface area contributed by atoms with Crippen LogP contribution in [0.25, 0.3) is 33.7 Å². The second-order valence-electron chi connectivity index (χ2n) is 5.38. The summed E-state index contributed by atoms with van der Waals surface area (Å²) in [6.45, 7) is 0. The average molecular weight is 332 g/mol. The molecule has 0 aliphatic rings. The molecule has 5 rings (SSSR count). The van der Waals surface area contributed by atoms with Crippen LogP contribution in [0.1, 0.15) is 0 Å². The molecule has 24 heavy (non-hydrogen) atoms. The monoisotopic (exact) mass is 332 g/mol. The summed E-state index contributed by atoms with van der Waals surface area (Å²) in [6.07, 6.45) is 1.97. The number of aromatic nitrogens is 6. The molecule has 0 saturated heterocycles. The molecular formula is C17H12N6S. The highest BCUT2D eigenvalue weighted by Crippen LogP contribution is 2.27. The normalized spacial score (nSPS) is 11.7. The van der Waals surface area contributed by atoms with Crippen LogP contribution in [0.3, 0.4) is 0 Å². The Morgan fingerprint density at radius 1 is 0.917 bits per heavy atom. The molecule has 7 heteroatoms. The SMILES string of the molecule is CSc1nc2n(n1)c1ccccc1c1nnc(-c3ccccc3)n12. The van der Waals surface area contributed by atoms with E-state index in [4.69, 9.17) is 0 Å². The summed E-state index contributed by atoms with van der Waals surface area (Å²) < 4.78 is 3.84. The summed E-state index contributed by atoms with van der Waals surface area (Å²) in [4.78, 5) is 4.67. The zero-order valence-corrected chi connectivity index (χ0v) is 13.6. The number of para-hydroxylation sites is 1. The van der Waals surface area contributed by atoms with Crippen LogP contribution >= 0.6 is 11.8 Å². The highest BCUT2D eigenvalue weighted by atomic mass is 32.2. The Kier molecular flexibility index (Phi) is 2.83. The van der Waals surface area contributed by atoms with E-state index in [-0.39, 0.29) is 0 Å². The third-order valence-electron chi connectivity index (χ3n) is 4.02. The molecule has 0 saturated carbocycles. The maximum Gasteiger partial charge on any atom is 0.241 e. The summed E-state index contributed by atoms with van der Waals surface area (Å²) in [5.74, 6) is 1.48. The Morgan fingerprint density at radius 3 is 2.54 bits per heavy atom. The second kappa shape index (κ2) is 5.04. The molecule has 0 aliphatic carbocycles. The lowest BCUT2D eigenvalue weighted by Gasteiger charge is -2.05. The van der Waals surface area contributed by atoms with Crippen LogP contribution in [0.4, 0.5) is 0 Å². The molecule has 0 unspecified atom stereocenters. The summed E-state index contributed by atoms with van der Waals surface area (Å²) in [6, 6.07) is 18.1. The minimum Gasteiger partial charge on any atom is -0.242 e. The van der Waals surface area contributed by atoms with Gasteiger partial charge < -0.3 is 0 Å². The van der Waals surface area contributed by atoms with E-state index in [1.165, 1.54) is 11.8 Å². The van der Waals surface area contributed by atoms with Gasteiger partial charge in [-0.15, -0.1) is 15.3 Å². The van der Waals surface area contributed by atoms with Gasteiger partial charge >= 0.3 is 0 Å². The van der Waals surface area contributed by atoms with E-state index in [1.54, 1.807) is 0 Å². The Balaban J connectivity index is 2.02. The number of nitrogens with zero attached hydrogens (tertiary/aromatic N) is 6. The predicted octanol–water partition coefficient (Wildman–Crippen LogP) is 3.31. The molecule has 0 radical (unpaired) electrons. The standard InChI is InChI=1S/C17H12N6S/c1-24-16-18-17-22-14(11-7-3-2-4-8-11)19-20-15(22)12-9-5-6-10-13(12)23(17)21-16/h2-10H,1H3. The number of benzene rings is 2. The maximum atomic E-state index is 4.67. The highest BCUT2D eigenvalue weighted by Gasteiger charge is 2.18. The fraction of sp³-hybridized carbons (Fsp3) is 0.0588. The van der Waals surface area contributed by atoms with Crippen LogP contribution in [-0.4, -0.2) is 35.5 Å². The molecule has 5 aromatic rings. The molecule has 0 amide bonds. The molecule has 0 aliphatic heterocycles. The average Bonchev–Trinajstić information content (AvgIpc) is 3.27. The van der Waals surface area contributed by atoms with Crippen molar-refractivity contribution in [2.75, 3.05) is 6.26 Å². The van der Waals surface area contributed by atoms with Gasteiger partial charge in [-0.2, -0.15) is 9.50 Å². The van der Waals surface area contributed by atoms with Crippen molar-refractivity contribution in [3.05, 3.63) is 54.6 Å². The predicted molar refractivity (Wildman–Crippen MR) is 94.3 cm³/mol. The van der Waals surface area contributed by atoms with Gasteiger partial charge in [-0.05, 0) is 18.4 Å². The fourth-order valence-corrected chi connectivity index (χ4v) is 3.28. The lowest BCUT2D eigenvalue weighted by atomic mass is 10.2. The number of rotatable bonds is 2. The Hall–Kier alpha value is -2.93. The molecule has 0 bridgehead atoms. The molecule has 3 aromatic heterocycles. The van der Waals surface area contributed by atoms with Crippen LogP contribution in [0.2, 0.25) is 0 Å². The van der Waals surface area contributed by atoms with Crippen molar-refractivity contribution in [1.29, 1.82) is 0 Å². The van der Waals surface area contributed by atoms with Gasteiger partial charge in [0.15, 0.2) is 11.5 Å². The number of hydrogen-bond donors (Lipinski definition) is 0. The maximum absolute atomic E-state index is 4.67. The zero-order valence-electron chi connectivity index (χ0n) is 12.8. The van der Waals surface area contributed by atoms with Crippen LogP contribution in [0.5, 0.6) is 0 Å². The molecule has 6 nitrogen and oxygen atoms in total. The van der Waals surface area contributed by atoms with Crippen LogP contribution in [-0.2, 0) is 0 Å². The van der Waals surface area contributed by atoms with Gasteiger partial charge in [-0.25, -0.2) is 4.40 Å². The van der Waals surface area contributed by atoms with E-state index in [1.807, 2.05) is 69.8 Å². The minimum absolute atomic E-state index is 0.719. The molecule has 3 heterocycles. The summed E-state index contributed by atoms with van der Waals surface area (Å²) in [7, 11) is 0. The lowest BCUT2D eigenvalue weighted by Crippen LogP contribution is -2.00. The van der Waals surface area contributed by atoms with Crippen molar-refractivity contribution in [1.82, 2.24) is 29.2 Å². The summed E-state index contributed by atoms with van der Waals surface area (Å²) >= 11 is 1.52. The van der Waals surface area contributed by atoms with Gasteiger partial charge in [-0.3, -0.25) is 0 Å². The summed E-state index contributed by atoms with van der Waals surface area (Å²) in [5.41, 5.74) is 2.76. The van der Waals surface area contributed by atoms with Crippen molar-refractivity contribution in [2.45, 2.75) is 5.16 Å². The lowest BCUT2D eigenvalue weighted by molar-refractivity contribution is 0.908. The van der Waals surface area contributed by atoms with E-state index in [2.05, 4.69) is 20.3 Å². The van der Waals surface area contributed by atoms with Crippen molar-refractivity contribution < 1.29 is 0 Å². The quantitative estimate of drug-likeness (QED) is 0.464. The molecule has 2 aromatic carbocycles. The van der Waals surface area contributed by atoms with Gasteiger partial charge in [0.1, 0.15) is 0 Å². The number of thioether (sulfide) groups is 1. The van der Waals surface area contributed by atoms with E-state index in [0.29, 0.717) is 0 Å². The first-order valence-corrected chi connectivity index (χ1v) is 8.71. The van der Waals surface area contributed by atoms with Gasteiger partial charge in [0, 0.05) is 10.9 Å². The summed E-state index contributed by atoms with van der Waals surface area (Å²) in [5, 5.41) is 15.2. The minimum atomic E-state index is 0.719. The zero-order chi connectivity index (χ0) is 16.1. The molecule has 0 N–H and O–H groups in total. The molecule has 116 valence electrons. The Labute approximate surface area is 141 Å².